The van der Waals surface area contributed by atoms with E-state index in [4.69, 9.17) is 5.10 Å². The molecule has 2 aliphatic heterocycles. The van der Waals surface area contributed by atoms with Crippen LogP contribution < -0.4 is 4.59 Å². The molecule has 1 aromatic heterocycles. The lowest BCUT2D eigenvalue weighted by Crippen LogP contribution is -2.46. The van der Waals surface area contributed by atoms with Crippen molar-refractivity contribution in [2.24, 2.45) is 10.1 Å². The Hall–Kier alpha value is -2.85. The number of rotatable bonds is 3. The zero-order valence-electron chi connectivity index (χ0n) is 14.7. The number of aryl methyl sites for hydroxylation is 1. The van der Waals surface area contributed by atoms with Gasteiger partial charge in [0.1, 0.15) is 0 Å². The first-order chi connectivity index (χ1) is 12.1. The second-order valence-electron chi connectivity index (χ2n) is 6.70. The summed E-state index contributed by atoms with van der Waals surface area (Å²) in [5.74, 6) is 1.38. The van der Waals surface area contributed by atoms with Crippen molar-refractivity contribution in [2.75, 3.05) is 0 Å². The van der Waals surface area contributed by atoms with E-state index in [0.717, 1.165) is 28.5 Å². The molecule has 4 heteroatoms. The molecule has 25 heavy (non-hydrogen) atoms. The van der Waals surface area contributed by atoms with Crippen LogP contribution in [0.3, 0.4) is 0 Å². The molecular weight excluding hydrogens is 308 g/mol. The van der Waals surface area contributed by atoms with Crippen molar-refractivity contribution in [3.05, 3.63) is 77.6 Å². The number of nitrogens with zero attached hydrogens (tertiary/aromatic N) is 4. The third kappa shape index (κ3) is 2.46. The van der Waals surface area contributed by atoms with Crippen molar-refractivity contribution in [1.29, 1.82) is 0 Å². The predicted molar refractivity (Wildman–Crippen MR) is 104 cm³/mol. The Morgan fingerprint density at radius 1 is 1.08 bits per heavy atom. The van der Waals surface area contributed by atoms with Crippen LogP contribution >= 0.6 is 0 Å². The van der Waals surface area contributed by atoms with Crippen molar-refractivity contribution in [3.63, 3.8) is 0 Å². The lowest BCUT2D eigenvalue weighted by molar-refractivity contribution is 0.616. The average molecular weight is 329 g/mol. The molecule has 2 aromatic rings. The van der Waals surface area contributed by atoms with Crippen LogP contribution in [0.15, 0.2) is 70.9 Å². The van der Waals surface area contributed by atoms with Gasteiger partial charge in [0.25, 0.3) is 5.84 Å². The molecule has 0 spiro atoms. The first-order valence-electron chi connectivity index (χ1n) is 8.55. The molecule has 0 amide bonds. The van der Waals surface area contributed by atoms with Crippen LogP contribution in [0.1, 0.15) is 36.6 Å². The van der Waals surface area contributed by atoms with Gasteiger partial charge in [-0.2, -0.15) is 4.99 Å². The summed E-state index contributed by atoms with van der Waals surface area (Å²) in [7, 11) is 0. The molecule has 0 saturated carbocycles. The van der Waals surface area contributed by atoms with E-state index in [-0.39, 0.29) is 4.59 Å². The van der Waals surface area contributed by atoms with Crippen LogP contribution in [0.25, 0.3) is 5.70 Å². The zero-order valence-corrected chi connectivity index (χ0v) is 14.7. The van der Waals surface area contributed by atoms with E-state index in [1.54, 1.807) is 6.34 Å². The van der Waals surface area contributed by atoms with Crippen molar-refractivity contribution in [2.45, 2.75) is 26.7 Å². The maximum atomic E-state index is 4.79. The second-order valence-corrected chi connectivity index (χ2v) is 6.70. The van der Waals surface area contributed by atoms with Gasteiger partial charge >= 0.3 is 0 Å². The van der Waals surface area contributed by atoms with E-state index >= 15 is 0 Å². The minimum absolute atomic E-state index is 0.265. The smallest absolute Gasteiger partial charge is 0.261 e. The van der Waals surface area contributed by atoms with Crippen molar-refractivity contribution in [1.82, 2.24) is 9.58 Å². The first-order valence-corrected chi connectivity index (χ1v) is 8.55. The van der Waals surface area contributed by atoms with Gasteiger partial charge in [-0.25, -0.2) is 0 Å². The molecule has 1 unspecified atom stereocenters. The summed E-state index contributed by atoms with van der Waals surface area (Å²) in [5.41, 5.74) is 5.60. The maximum Gasteiger partial charge on any atom is 0.266 e. The lowest BCUT2D eigenvalue weighted by Gasteiger charge is -2.31. The number of hydrogen-bond acceptors (Lipinski definition) is 3. The molecule has 0 aliphatic carbocycles. The summed E-state index contributed by atoms with van der Waals surface area (Å²) in [6.07, 6.45) is 9.70. The van der Waals surface area contributed by atoms with Gasteiger partial charge in [-0.15, -0.1) is 0 Å². The van der Waals surface area contributed by atoms with Gasteiger partial charge in [0.15, 0.2) is 17.7 Å². The van der Waals surface area contributed by atoms with Gasteiger partial charge in [-0.1, -0.05) is 35.7 Å². The number of hydrogen-bond donors (Lipinski definition) is 0. The van der Waals surface area contributed by atoms with E-state index in [1.165, 1.54) is 5.56 Å². The minimum Gasteiger partial charge on any atom is -0.261 e. The Labute approximate surface area is 148 Å². The molecule has 2 aliphatic rings. The van der Waals surface area contributed by atoms with Gasteiger partial charge in [0, 0.05) is 41.7 Å². The van der Waals surface area contributed by atoms with Gasteiger partial charge in [-0.3, -0.25) is 4.98 Å². The summed E-state index contributed by atoms with van der Waals surface area (Å²) in [4.78, 5) is 8.86. The highest BCUT2D eigenvalue weighted by atomic mass is 15.7. The second kappa shape index (κ2) is 5.90. The Morgan fingerprint density at radius 2 is 1.96 bits per heavy atom. The van der Waals surface area contributed by atoms with Crippen LogP contribution in [0.2, 0.25) is 0 Å². The SMILES string of the molecule is Cc1cc([N+]23N=CN=C2C=CC=C3c2cccc(C(C)C)c2)ccn1. The van der Waals surface area contributed by atoms with E-state index < -0.39 is 0 Å². The van der Waals surface area contributed by atoms with Gasteiger partial charge < -0.3 is 0 Å². The van der Waals surface area contributed by atoms with Crippen LogP contribution in [0, 0.1) is 6.92 Å². The number of fused-ring (bicyclic) bond motifs is 1. The lowest BCUT2D eigenvalue weighted by atomic mass is 9.97. The van der Waals surface area contributed by atoms with E-state index in [9.17, 15) is 0 Å². The molecular formula is C21H21N4+. The van der Waals surface area contributed by atoms with Crippen LogP contribution in [0.4, 0.5) is 5.69 Å². The molecule has 0 N–H and O–H groups in total. The van der Waals surface area contributed by atoms with Gasteiger partial charge in [-0.05, 0) is 36.6 Å². The molecule has 124 valence electrons. The normalized spacial score (nSPS) is 21.3. The highest BCUT2D eigenvalue weighted by Gasteiger charge is 2.46. The monoisotopic (exact) mass is 329 g/mol. The molecule has 0 bridgehead atoms. The molecule has 0 saturated heterocycles. The standard InChI is InChI=1S/C21H21N4/c1-15(2)17-6-4-7-18(13-17)20-8-5-9-21-23-14-24-25(20,21)19-10-11-22-16(3)12-19/h4-15H,1-3H3/q+1. The highest BCUT2D eigenvalue weighted by Crippen LogP contribution is 2.40. The number of quaternary nitrogens is 1. The van der Waals surface area contributed by atoms with Crippen molar-refractivity contribution < 1.29 is 0 Å². The van der Waals surface area contributed by atoms with Crippen LogP contribution in [-0.4, -0.2) is 17.2 Å². The maximum absolute atomic E-state index is 4.79. The number of amidine groups is 1. The van der Waals surface area contributed by atoms with Crippen molar-refractivity contribution >= 4 is 23.6 Å². The Morgan fingerprint density at radius 3 is 2.76 bits per heavy atom. The van der Waals surface area contributed by atoms with Crippen LogP contribution in [0.5, 0.6) is 0 Å². The molecule has 0 radical (unpaired) electrons. The summed E-state index contributed by atoms with van der Waals surface area (Å²) in [5, 5.41) is 4.79. The third-order valence-corrected chi connectivity index (χ3v) is 4.70. The fourth-order valence-electron chi connectivity index (χ4n) is 3.38. The van der Waals surface area contributed by atoms with E-state index in [2.05, 4.69) is 66.3 Å². The van der Waals surface area contributed by atoms with Gasteiger partial charge in [0.2, 0.25) is 0 Å². The molecule has 1 atom stereocenters. The zero-order chi connectivity index (χ0) is 17.4. The molecule has 0 fully saturated rings. The minimum atomic E-state index is 0.265. The van der Waals surface area contributed by atoms with E-state index in [0.29, 0.717) is 5.92 Å². The summed E-state index contributed by atoms with van der Waals surface area (Å²) < 4.78 is 0.265. The molecule has 1 aromatic carbocycles. The predicted octanol–water partition coefficient (Wildman–Crippen LogP) is 4.79. The number of aliphatic imine (C=N–C) groups is 1. The van der Waals surface area contributed by atoms with E-state index in [1.807, 2.05) is 25.3 Å². The number of allylic oxidation sites excluding steroid dienone is 2. The number of benzene rings is 1. The topological polar surface area (TPSA) is 37.6 Å². The quantitative estimate of drug-likeness (QED) is 0.746. The van der Waals surface area contributed by atoms with Gasteiger partial charge in [0.05, 0.1) is 0 Å². The average Bonchev–Trinajstić information content (AvgIpc) is 3.07. The number of aromatic nitrogens is 1. The van der Waals surface area contributed by atoms with Crippen LogP contribution in [-0.2, 0) is 0 Å². The third-order valence-electron chi connectivity index (χ3n) is 4.70. The largest absolute Gasteiger partial charge is 0.266 e. The molecule has 4 nitrogen and oxygen atoms in total. The molecule has 3 heterocycles. The molecule has 4 rings (SSSR count). The fourth-order valence-corrected chi connectivity index (χ4v) is 3.38. The summed E-state index contributed by atoms with van der Waals surface area (Å²) >= 11 is 0. The number of pyridine rings is 1. The van der Waals surface area contributed by atoms with Crippen molar-refractivity contribution in [3.8, 4) is 0 Å². The summed E-state index contributed by atoms with van der Waals surface area (Å²) in [6.45, 7) is 6.43. The summed E-state index contributed by atoms with van der Waals surface area (Å²) in [6, 6.07) is 12.8. The fraction of sp³-hybridized carbons (Fsp3) is 0.190. The Bertz CT molecular complexity index is 950. The Balaban J connectivity index is 1.93. The highest BCUT2D eigenvalue weighted by molar-refractivity contribution is 6.15. The Kier molecular flexibility index (Phi) is 3.70. The first kappa shape index (κ1) is 15.7.